The molecule has 0 bridgehead atoms. The third-order valence-electron chi connectivity index (χ3n) is 4.64. The first-order valence-corrected chi connectivity index (χ1v) is 8.59. The minimum Gasteiger partial charge on any atom is -0.478 e. The Labute approximate surface area is 144 Å². The van der Waals surface area contributed by atoms with Crippen LogP contribution in [-0.4, -0.2) is 41.5 Å². The van der Waals surface area contributed by atoms with E-state index in [0.29, 0.717) is 35.3 Å². The number of aromatic carboxylic acids is 1. The van der Waals surface area contributed by atoms with Gasteiger partial charge in [-0.3, -0.25) is 0 Å². The van der Waals surface area contributed by atoms with E-state index in [1.165, 1.54) is 0 Å². The number of rotatable bonds is 3. The lowest BCUT2D eigenvalue weighted by atomic mass is 10.0. The normalized spacial score (nSPS) is 24.5. The molecule has 24 heavy (non-hydrogen) atoms. The Kier molecular flexibility index (Phi) is 3.69. The van der Waals surface area contributed by atoms with Crippen molar-refractivity contribution in [2.45, 2.75) is 44.8 Å². The number of carbonyl (C=O) groups is 1. The zero-order chi connectivity index (χ0) is 17.0. The molecule has 1 aromatic carbocycles. The van der Waals surface area contributed by atoms with E-state index in [0.717, 1.165) is 23.9 Å². The number of anilines is 1. The molecule has 1 aliphatic carbocycles. The molecule has 4 rings (SSSR count). The molecule has 1 saturated carbocycles. The summed E-state index contributed by atoms with van der Waals surface area (Å²) in [5, 5.41) is 14.9. The van der Waals surface area contributed by atoms with Crippen molar-refractivity contribution in [3.63, 3.8) is 0 Å². The molecule has 1 aromatic heterocycles. The van der Waals surface area contributed by atoms with Gasteiger partial charge in [0.25, 0.3) is 0 Å². The molecule has 0 radical (unpaired) electrons. The van der Waals surface area contributed by atoms with Gasteiger partial charge in [-0.2, -0.15) is 0 Å². The zero-order valence-corrected chi connectivity index (χ0v) is 14.3. The number of hydrogen-bond donors (Lipinski definition) is 1. The van der Waals surface area contributed by atoms with Crippen molar-refractivity contribution >= 4 is 34.2 Å². The molecule has 2 atom stereocenters. The Morgan fingerprint density at radius 2 is 2.00 bits per heavy atom. The summed E-state index contributed by atoms with van der Waals surface area (Å²) in [6.07, 6.45) is 2.11. The molecule has 0 spiro atoms. The fourth-order valence-electron chi connectivity index (χ4n) is 3.53. The number of aromatic nitrogens is 1. The van der Waals surface area contributed by atoms with Crippen molar-refractivity contribution in [2.24, 2.45) is 0 Å². The van der Waals surface area contributed by atoms with Gasteiger partial charge in [0, 0.05) is 24.4 Å². The molecule has 1 N–H and O–H groups in total. The van der Waals surface area contributed by atoms with Gasteiger partial charge in [-0.05, 0) is 32.8 Å². The van der Waals surface area contributed by atoms with Gasteiger partial charge in [-0.1, -0.05) is 16.8 Å². The van der Waals surface area contributed by atoms with Gasteiger partial charge in [0.05, 0.1) is 29.2 Å². The number of morpholine rings is 1. The maximum atomic E-state index is 11.9. The SMILES string of the molecule is CC1CN(c2c(C(=O)O)cc3c(C4CC4)noc3c2Cl)CC(C)O1. The quantitative estimate of drug-likeness (QED) is 0.910. The summed E-state index contributed by atoms with van der Waals surface area (Å²) in [6.45, 7) is 5.10. The molecule has 2 fully saturated rings. The van der Waals surface area contributed by atoms with Crippen molar-refractivity contribution in [1.29, 1.82) is 0 Å². The Morgan fingerprint density at radius 1 is 1.33 bits per heavy atom. The standard InChI is InChI=1S/C17H19ClN2O4/c1-8-6-20(7-9(2)23-8)15-12(17(21)22)5-11-14(10-3-4-10)19-24-16(11)13(15)18/h5,8-10H,3-4,6-7H2,1-2H3,(H,21,22). The predicted molar refractivity (Wildman–Crippen MR) is 90.2 cm³/mol. The van der Waals surface area contributed by atoms with Crippen LogP contribution in [0.5, 0.6) is 0 Å². The van der Waals surface area contributed by atoms with E-state index in [2.05, 4.69) is 5.16 Å². The summed E-state index contributed by atoms with van der Waals surface area (Å²) < 4.78 is 11.2. The molecular weight excluding hydrogens is 332 g/mol. The fourth-order valence-corrected chi connectivity index (χ4v) is 3.89. The monoisotopic (exact) mass is 350 g/mol. The first kappa shape index (κ1) is 15.7. The highest BCUT2D eigenvalue weighted by Crippen LogP contribution is 2.46. The van der Waals surface area contributed by atoms with Gasteiger partial charge < -0.3 is 19.3 Å². The highest BCUT2D eigenvalue weighted by atomic mass is 35.5. The average Bonchev–Trinajstić information content (AvgIpc) is 3.25. The lowest BCUT2D eigenvalue weighted by molar-refractivity contribution is -0.00530. The number of ether oxygens (including phenoxy) is 1. The number of nitrogens with zero attached hydrogens (tertiary/aromatic N) is 2. The third kappa shape index (κ3) is 2.54. The summed E-state index contributed by atoms with van der Waals surface area (Å²) >= 11 is 6.58. The summed E-state index contributed by atoms with van der Waals surface area (Å²) in [5.41, 5.74) is 1.99. The highest BCUT2D eigenvalue weighted by Gasteiger charge is 2.33. The van der Waals surface area contributed by atoms with E-state index < -0.39 is 5.97 Å². The number of carboxylic acids is 1. The van der Waals surface area contributed by atoms with Crippen LogP contribution in [0.4, 0.5) is 5.69 Å². The maximum absolute atomic E-state index is 11.9. The lowest BCUT2D eigenvalue weighted by Gasteiger charge is -2.37. The third-order valence-corrected chi connectivity index (χ3v) is 4.99. The average molecular weight is 351 g/mol. The zero-order valence-electron chi connectivity index (χ0n) is 13.6. The van der Waals surface area contributed by atoms with Crippen LogP contribution in [0.15, 0.2) is 10.6 Å². The second kappa shape index (κ2) is 5.63. The highest BCUT2D eigenvalue weighted by molar-refractivity contribution is 6.38. The number of fused-ring (bicyclic) bond motifs is 1. The Bertz CT molecular complexity index is 805. The van der Waals surface area contributed by atoms with E-state index in [4.69, 9.17) is 20.9 Å². The molecule has 0 amide bonds. The van der Waals surface area contributed by atoms with Gasteiger partial charge in [-0.25, -0.2) is 4.79 Å². The largest absolute Gasteiger partial charge is 0.478 e. The summed E-state index contributed by atoms with van der Waals surface area (Å²) in [7, 11) is 0. The van der Waals surface area contributed by atoms with Crippen molar-refractivity contribution in [3.05, 3.63) is 22.3 Å². The van der Waals surface area contributed by atoms with Crippen molar-refractivity contribution in [2.75, 3.05) is 18.0 Å². The molecular formula is C17H19ClN2O4. The van der Waals surface area contributed by atoms with E-state index >= 15 is 0 Å². The number of hydrogen-bond acceptors (Lipinski definition) is 5. The topological polar surface area (TPSA) is 75.8 Å². The Morgan fingerprint density at radius 3 is 2.58 bits per heavy atom. The van der Waals surface area contributed by atoms with Crippen molar-refractivity contribution in [3.8, 4) is 0 Å². The van der Waals surface area contributed by atoms with Gasteiger partial charge in [0.1, 0.15) is 5.02 Å². The molecule has 2 unspecified atom stereocenters. The van der Waals surface area contributed by atoms with Crippen LogP contribution in [0.3, 0.4) is 0 Å². The van der Waals surface area contributed by atoms with Crippen LogP contribution >= 0.6 is 11.6 Å². The van der Waals surface area contributed by atoms with E-state index in [1.54, 1.807) is 6.07 Å². The first-order valence-electron chi connectivity index (χ1n) is 8.21. The minimum atomic E-state index is -0.997. The van der Waals surface area contributed by atoms with Crippen LogP contribution in [0.25, 0.3) is 11.0 Å². The molecule has 1 saturated heterocycles. The number of carboxylic acid groups (broad SMARTS) is 1. The van der Waals surface area contributed by atoms with E-state index in [-0.39, 0.29) is 17.8 Å². The van der Waals surface area contributed by atoms with E-state index in [1.807, 2.05) is 18.7 Å². The van der Waals surface area contributed by atoms with Crippen molar-refractivity contribution in [1.82, 2.24) is 5.16 Å². The second-order valence-electron chi connectivity index (χ2n) is 6.77. The number of halogens is 1. The van der Waals surface area contributed by atoms with Gasteiger partial charge in [0.2, 0.25) is 0 Å². The van der Waals surface area contributed by atoms with Crippen LogP contribution in [0.2, 0.25) is 5.02 Å². The summed E-state index contributed by atoms with van der Waals surface area (Å²) in [5.74, 6) is -0.637. The molecule has 7 heteroatoms. The molecule has 2 heterocycles. The van der Waals surface area contributed by atoms with Crippen molar-refractivity contribution < 1.29 is 19.2 Å². The minimum absolute atomic E-state index is 0.00101. The molecule has 6 nitrogen and oxygen atoms in total. The molecule has 2 aromatic rings. The summed E-state index contributed by atoms with van der Waals surface area (Å²) in [6, 6.07) is 1.66. The fraction of sp³-hybridized carbons (Fsp3) is 0.529. The van der Waals surface area contributed by atoms with Crippen LogP contribution in [0, 0.1) is 0 Å². The van der Waals surface area contributed by atoms with E-state index in [9.17, 15) is 9.90 Å². The smallest absolute Gasteiger partial charge is 0.337 e. The van der Waals surface area contributed by atoms with Crippen LogP contribution in [0.1, 0.15) is 48.7 Å². The Hall–Kier alpha value is -1.79. The van der Waals surface area contributed by atoms with Crippen LogP contribution in [-0.2, 0) is 4.74 Å². The molecule has 1 aliphatic heterocycles. The lowest BCUT2D eigenvalue weighted by Crippen LogP contribution is -2.46. The second-order valence-corrected chi connectivity index (χ2v) is 7.15. The van der Waals surface area contributed by atoms with Crippen LogP contribution < -0.4 is 4.90 Å². The molecule has 128 valence electrons. The predicted octanol–water partition coefficient (Wildman–Crippen LogP) is 3.67. The van der Waals surface area contributed by atoms with Gasteiger partial charge in [-0.15, -0.1) is 0 Å². The number of benzene rings is 1. The van der Waals surface area contributed by atoms with Gasteiger partial charge >= 0.3 is 5.97 Å². The summed E-state index contributed by atoms with van der Waals surface area (Å²) in [4.78, 5) is 13.9. The maximum Gasteiger partial charge on any atom is 0.337 e. The molecule has 2 aliphatic rings. The first-order chi connectivity index (χ1) is 11.5. The Balaban J connectivity index is 1.88. The van der Waals surface area contributed by atoms with Gasteiger partial charge in [0.15, 0.2) is 5.58 Å².